The summed E-state index contributed by atoms with van der Waals surface area (Å²) in [6, 6.07) is 46.3. The van der Waals surface area contributed by atoms with Gasteiger partial charge in [0.05, 0.1) is 33.0 Å². The zero-order valence-electron chi connectivity index (χ0n) is 24.8. The molecular weight excluding hydrogens is 582 g/mol. The number of imidazole rings is 1. The second-order valence-electron chi connectivity index (χ2n) is 11.6. The van der Waals surface area contributed by atoms with Crippen molar-refractivity contribution in [1.82, 2.24) is 23.9 Å². The number of hydrogen-bond donors (Lipinski definition) is 0. The van der Waals surface area contributed by atoms with Crippen LogP contribution >= 0.6 is 0 Å². The first-order valence-corrected chi connectivity index (χ1v) is 15.4. The average molecular weight is 606 g/mol. The molecule has 0 saturated heterocycles. The van der Waals surface area contributed by atoms with Gasteiger partial charge in [0.15, 0.2) is 5.82 Å². The first-order chi connectivity index (χ1) is 23.2. The van der Waals surface area contributed by atoms with Crippen LogP contribution in [0.4, 0.5) is 0 Å². The Bertz CT molecular complexity index is 2920. The lowest BCUT2D eigenvalue weighted by molar-refractivity contribution is 0.616. The molecule has 0 radical (unpaired) electrons. The molecule has 0 aliphatic carbocycles. The van der Waals surface area contributed by atoms with Crippen molar-refractivity contribution in [1.29, 1.82) is 0 Å². The molecule has 0 fully saturated rings. The van der Waals surface area contributed by atoms with Gasteiger partial charge in [-0.3, -0.25) is 9.36 Å². The fourth-order valence-electron chi connectivity index (χ4n) is 6.83. The first-order valence-electron chi connectivity index (χ1n) is 15.4. The van der Waals surface area contributed by atoms with E-state index in [0.29, 0.717) is 27.8 Å². The highest BCUT2D eigenvalue weighted by atomic mass is 16.4. The number of nitrogens with zero attached hydrogens (tertiary/aromatic N) is 5. The van der Waals surface area contributed by atoms with Crippen molar-refractivity contribution >= 4 is 60.6 Å². The van der Waals surface area contributed by atoms with Gasteiger partial charge in [-0.2, -0.15) is 4.98 Å². The summed E-state index contributed by atoms with van der Waals surface area (Å²) in [5.74, 6) is 1.66. The molecule has 0 saturated carbocycles. The topological polar surface area (TPSA) is 78.2 Å². The lowest BCUT2D eigenvalue weighted by atomic mass is 10.0. The van der Waals surface area contributed by atoms with E-state index in [4.69, 9.17) is 19.4 Å². The molecule has 7 heteroatoms. The summed E-state index contributed by atoms with van der Waals surface area (Å²) in [6.45, 7) is 0. The lowest BCUT2D eigenvalue weighted by Gasteiger charge is -2.13. The highest BCUT2D eigenvalue weighted by Crippen LogP contribution is 2.38. The zero-order valence-corrected chi connectivity index (χ0v) is 24.8. The van der Waals surface area contributed by atoms with Gasteiger partial charge < -0.3 is 4.42 Å². The van der Waals surface area contributed by atoms with Crippen LogP contribution in [-0.4, -0.2) is 23.9 Å². The Morgan fingerprint density at radius 2 is 1.19 bits per heavy atom. The lowest BCUT2D eigenvalue weighted by Crippen LogP contribution is -2.12. The molecule has 220 valence electrons. The van der Waals surface area contributed by atoms with E-state index in [2.05, 4.69) is 65.2 Å². The maximum absolute atomic E-state index is 13.9. The smallest absolute Gasteiger partial charge is 0.310 e. The summed E-state index contributed by atoms with van der Waals surface area (Å²) < 4.78 is 9.93. The Balaban J connectivity index is 1.28. The zero-order chi connectivity index (χ0) is 31.1. The van der Waals surface area contributed by atoms with Gasteiger partial charge in [0, 0.05) is 21.7 Å². The molecule has 4 heterocycles. The van der Waals surface area contributed by atoms with E-state index >= 15 is 0 Å². The van der Waals surface area contributed by atoms with Gasteiger partial charge in [-0.05, 0) is 53.6 Å². The third-order valence-corrected chi connectivity index (χ3v) is 8.99. The minimum atomic E-state index is -0.164. The van der Waals surface area contributed by atoms with Gasteiger partial charge >= 0.3 is 5.84 Å². The molecule has 0 bridgehead atoms. The van der Waals surface area contributed by atoms with Crippen molar-refractivity contribution in [2.75, 3.05) is 0 Å². The van der Waals surface area contributed by atoms with Crippen molar-refractivity contribution in [3.05, 3.63) is 150 Å². The molecule has 47 heavy (non-hydrogen) atoms. The monoisotopic (exact) mass is 605 g/mol. The van der Waals surface area contributed by atoms with Gasteiger partial charge in [0.1, 0.15) is 11.4 Å². The Morgan fingerprint density at radius 1 is 0.511 bits per heavy atom. The second kappa shape index (κ2) is 9.70. The number of benzene rings is 6. The molecule has 7 nitrogen and oxygen atoms in total. The summed E-state index contributed by atoms with van der Waals surface area (Å²) in [5, 5.41) is 3.32. The molecule has 0 spiro atoms. The van der Waals surface area contributed by atoms with Crippen LogP contribution < -0.4 is 5.56 Å². The normalized spacial score (nSPS) is 11.9. The van der Waals surface area contributed by atoms with E-state index in [1.165, 1.54) is 0 Å². The molecule has 0 unspecified atom stereocenters. The van der Waals surface area contributed by atoms with Crippen molar-refractivity contribution in [3.63, 3.8) is 0 Å². The van der Waals surface area contributed by atoms with E-state index in [1.807, 2.05) is 66.7 Å². The second-order valence-corrected chi connectivity index (χ2v) is 11.6. The third kappa shape index (κ3) is 3.74. The van der Waals surface area contributed by atoms with E-state index in [9.17, 15) is 4.79 Å². The summed E-state index contributed by atoms with van der Waals surface area (Å²) >= 11 is 0. The van der Waals surface area contributed by atoms with Gasteiger partial charge in [-0.1, -0.05) is 97.1 Å². The quantitative estimate of drug-likeness (QED) is 0.201. The van der Waals surface area contributed by atoms with Crippen molar-refractivity contribution in [2.24, 2.45) is 0 Å². The average Bonchev–Trinajstić information content (AvgIpc) is 3.67. The number of fused-ring (bicyclic) bond motifs is 9. The molecule has 10 aromatic rings. The summed E-state index contributed by atoms with van der Waals surface area (Å²) in [6.07, 6.45) is 0. The Morgan fingerprint density at radius 3 is 2.04 bits per heavy atom. The molecule has 4 aromatic heterocycles. The van der Waals surface area contributed by atoms with Crippen LogP contribution in [0.5, 0.6) is 0 Å². The fraction of sp³-hybridized carbons (Fsp3) is 0. The molecule has 6 aromatic carbocycles. The predicted molar refractivity (Wildman–Crippen MR) is 187 cm³/mol. The molecule has 0 aliphatic heterocycles. The van der Waals surface area contributed by atoms with Crippen LogP contribution in [0, 0.1) is 0 Å². The van der Waals surface area contributed by atoms with Gasteiger partial charge in [0.2, 0.25) is 0 Å². The first kappa shape index (κ1) is 25.7. The van der Waals surface area contributed by atoms with Crippen LogP contribution in [0.15, 0.2) is 149 Å². The van der Waals surface area contributed by atoms with Crippen LogP contribution in [0.2, 0.25) is 0 Å². The fourth-order valence-corrected chi connectivity index (χ4v) is 6.83. The van der Waals surface area contributed by atoms with E-state index < -0.39 is 0 Å². The molecular formula is C40H23N5O2. The minimum absolute atomic E-state index is 0.164. The SMILES string of the molecule is O=c1c2ccccc2oc2nc3ccc4c(c5ccccc5n4-c4nc(-c5ccc(-c6ccccc6)cc5)nc5ccccc45)c3n12. The third-order valence-electron chi connectivity index (χ3n) is 8.99. The van der Waals surface area contributed by atoms with Crippen LogP contribution in [0.25, 0.3) is 88.9 Å². The molecule has 0 aliphatic rings. The molecule has 0 amide bonds. The van der Waals surface area contributed by atoms with E-state index in [1.54, 1.807) is 16.5 Å². The van der Waals surface area contributed by atoms with E-state index in [0.717, 1.165) is 55.2 Å². The van der Waals surface area contributed by atoms with Crippen molar-refractivity contribution in [3.8, 4) is 28.3 Å². The van der Waals surface area contributed by atoms with Gasteiger partial charge in [-0.25, -0.2) is 14.4 Å². The van der Waals surface area contributed by atoms with Crippen molar-refractivity contribution in [2.45, 2.75) is 0 Å². The molecule has 10 rings (SSSR count). The summed E-state index contributed by atoms with van der Waals surface area (Å²) in [4.78, 5) is 29.0. The van der Waals surface area contributed by atoms with Gasteiger partial charge in [0.25, 0.3) is 5.56 Å². The van der Waals surface area contributed by atoms with Crippen molar-refractivity contribution < 1.29 is 4.42 Å². The Hall–Kier alpha value is -6.60. The highest BCUT2D eigenvalue weighted by Gasteiger charge is 2.22. The van der Waals surface area contributed by atoms with E-state index in [-0.39, 0.29) is 11.4 Å². The maximum Gasteiger partial charge on any atom is 0.310 e. The molecule has 0 N–H and O–H groups in total. The number of aromatic nitrogens is 5. The Kier molecular flexibility index (Phi) is 5.30. The number of para-hydroxylation sites is 3. The summed E-state index contributed by atoms with van der Waals surface area (Å²) in [5.41, 5.74) is 7.66. The van der Waals surface area contributed by atoms with Crippen LogP contribution in [0.3, 0.4) is 0 Å². The van der Waals surface area contributed by atoms with Crippen LogP contribution in [-0.2, 0) is 0 Å². The summed E-state index contributed by atoms with van der Waals surface area (Å²) in [7, 11) is 0. The predicted octanol–water partition coefficient (Wildman–Crippen LogP) is 8.97. The Labute approximate surface area is 266 Å². The maximum atomic E-state index is 13.9. The number of hydrogen-bond acceptors (Lipinski definition) is 5. The largest absolute Gasteiger partial charge is 0.424 e. The van der Waals surface area contributed by atoms with Gasteiger partial charge in [-0.15, -0.1) is 0 Å². The molecule has 0 atom stereocenters. The number of rotatable bonds is 3. The highest BCUT2D eigenvalue weighted by molar-refractivity contribution is 6.20. The minimum Gasteiger partial charge on any atom is -0.424 e. The standard InChI is InChI=1S/C40H23N5O2/c46-39-29-14-6-9-17-34(29)47-40-42-31-22-23-33-35(36(31)45(39)40)28-13-5-8-16-32(28)44(33)38-27-12-4-7-15-30(27)41-37(43-38)26-20-18-25(19-21-26)24-10-2-1-3-11-24/h1-23H. The van der Waals surface area contributed by atoms with Crippen LogP contribution in [0.1, 0.15) is 0 Å².